The number of piperazine rings is 1. The minimum Gasteiger partial charge on any atom is -0.465 e. The molecule has 1 aromatic rings. The van der Waals surface area contributed by atoms with Gasteiger partial charge < -0.3 is 10.1 Å². The third kappa shape index (κ3) is 3.39. The third-order valence-corrected chi connectivity index (χ3v) is 5.10. The fourth-order valence-corrected chi connectivity index (χ4v) is 3.73. The highest BCUT2D eigenvalue weighted by Gasteiger charge is 2.38. The predicted octanol–water partition coefficient (Wildman–Crippen LogP) is 0.351. The number of hydrogen-bond donors (Lipinski definition) is 1. The molecule has 1 unspecified atom stereocenters. The molecule has 1 aliphatic heterocycles. The molecule has 8 heteroatoms. The van der Waals surface area contributed by atoms with Gasteiger partial charge >= 0.3 is 5.97 Å². The van der Waals surface area contributed by atoms with Gasteiger partial charge in [-0.05, 0) is 31.2 Å². The highest BCUT2D eigenvalue weighted by Crippen LogP contribution is 2.20. The molecular formula is C13H17FN2O4S. The molecule has 0 aromatic heterocycles. The van der Waals surface area contributed by atoms with Crippen LogP contribution in [0.1, 0.15) is 6.92 Å². The van der Waals surface area contributed by atoms with E-state index in [0.29, 0.717) is 6.54 Å². The first-order chi connectivity index (χ1) is 9.96. The van der Waals surface area contributed by atoms with Crippen LogP contribution in [0.15, 0.2) is 29.2 Å². The number of hydrogen-bond acceptors (Lipinski definition) is 5. The van der Waals surface area contributed by atoms with Crippen LogP contribution in [-0.2, 0) is 19.6 Å². The lowest BCUT2D eigenvalue weighted by Crippen LogP contribution is -2.57. The fourth-order valence-electron chi connectivity index (χ4n) is 2.15. The zero-order valence-corrected chi connectivity index (χ0v) is 12.4. The Morgan fingerprint density at radius 3 is 2.71 bits per heavy atom. The van der Waals surface area contributed by atoms with Gasteiger partial charge in [-0.3, -0.25) is 4.79 Å². The molecule has 0 bridgehead atoms. The average molecular weight is 316 g/mol. The van der Waals surface area contributed by atoms with E-state index in [1.807, 2.05) is 0 Å². The van der Waals surface area contributed by atoms with Gasteiger partial charge in [0.25, 0.3) is 0 Å². The van der Waals surface area contributed by atoms with Gasteiger partial charge in [-0.1, -0.05) is 0 Å². The lowest BCUT2D eigenvalue weighted by molar-refractivity contribution is -0.148. The van der Waals surface area contributed by atoms with Gasteiger partial charge in [-0.2, -0.15) is 4.31 Å². The molecule has 1 aromatic carbocycles. The van der Waals surface area contributed by atoms with Gasteiger partial charge in [0.2, 0.25) is 10.0 Å². The number of ether oxygens (including phenoxy) is 1. The molecule has 116 valence electrons. The molecule has 6 nitrogen and oxygen atoms in total. The summed E-state index contributed by atoms with van der Waals surface area (Å²) in [5.41, 5.74) is 0. The van der Waals surface area contributed by atoms with Gasteiger partial charge in [-0.15, -0.1) is 0 Å². The minimum absolute atomic E-state index is 0.0416. The van der Waals surface area contributed by atoms with Crippen molar-refractivity contribution in [3.05, 3.63) is 30.1 Å². The van der Waals surface area contributed by atoms with Gasteiger partial charge in [-0.25, -0.2) is 12.8 Å². The van der Waals surface area contributed by atoms with E-state index in [0.717, 1.165) is 16.4 Å². The van der Waals surface area contributed by atoms with Crippen molar-refractivity contribution in [3.8, 4) is 0 Å². The maximum atomic E-state index is 12.9. The van der Waals surface area contributed by atoms with Crippen LogP contribution in [-0.4, -0.2) is 51.0 Å². The fraction of sp³-hybridized carbons (Fsp3) is 0.462. The largest absolute Gasteiger partial charge is 0.465 e. The summed E-state index contributed by atoms with van der Waals surface area (Å²) >= 11 is 0. The van der Waals surface area contributed by atoms with E-state index < -0.39 is 27.9 Å². The Morgan fingerprint density at radius 2 is 2.10 bits per heavy atom. The van der Waals surface area contributed by atoms with Crippen molar-refractivity contribution in [2.45, 2.75) is 17.9 Å². The van der Waals surface area contributed by atoms with E-state index in [-0.39, 0.29) is 24.6 Å². The molecule has 0 amide bonds. The number of esters is 1. The highest BCUT2D eigenvalue weighted by atomic mass is 32.2. The first-order valence-corrected chi connectivity index (χ1v) is 8.05. The second-order valence-electron chi connectivity index (χ2n) is 4.54. The van der Waals surface area contributed by atoms with Crippen LogP contribution in [0, 0.1) is 5.82 Å². The Hall–Kier alpha value is -1.51. The van der Waals surface area contributed by atoms with Crippen molar-refractivity contribution in [2.24, 2.45) is 0 Å². The Balaban J connectivity index is 2.31. The quantitative estimate of drug-likeness (QED) is 0.811. The summed E-state index contributed by atoms with van der Waals surface area (Å²) in [4.78, 5) is 11.9. The topological polar surface area (TPSA) is 75.7 Å². The maximum absolute atomic E-state index is 12.9. The Labute approximate surface area is 122 Å². The van der Waals surface area contributed by atoms with Gasteiger partial charge in [0.05, 0.1) is 11.5 Å². The molecule has 1 fully saturated rings. The van der Waals surface area contributed by atoms with Crippen molar-refractivity contribution >= 4 is 16.0 Å². The summed E-state index contributed by atoms with van der Waals surface area (Å²) < 4.78 is 44.1. The molecule has 0 saturated carbocycles. The summed E-state index contributed by atoms with van der Waals surface area (Å²) in [6.45, 7) is 2.63. The number of benzene rings is 1. The number of rotatable bonds is 4. The zero-order chi connectivity index (χ0) is 15.5. The Morgan fingerprint density at radius 1 is 1.43 bits per heavy atom. The number of carbonyl (C=O) groups excluding carboxylic acids is 1. The predicted molar refractivity (Wildman–Crippen MR) is 73.6 cm³/mol. The van der Waals surface area contributed by atoms with Crippen LogP contribution in [0.5, 0.6) is 0 Å². The number of halogens is 1. The molecule has 1 N–H and O–H groups in total. The van der Waals surface area contributed by atoms with Gasteiger partial charge in [0.1, 0.15) is 11.9 Å². The lowest BCUT2D eigenvalue weighted by Gasteiger charge is -2.33. The molecule has 1 aliphatic rings. The van der Waals surface area contributed by atoms with Gasteiger partial charge in [0.15, 0.2) is 0 Å². The van der Waals surface area contributed by atoms with Crippen LogP contribution in [0.4, 0.5) is 4.39 Å². The molecular weight excluding hydrogens is 299 g/mol. The van der Waals surface area contributed by atoms with Crippen molar-refractivity contribution < 1.29 is 22.3 Å². The average Bonchev–Trinajstić information content (AvgIpc) is 2.48. The van der Waals surface area contributed by atoms with Crippen LogP contribution in [0.25, 0.3) is 0 Å². The SMILES string of the molecule is CCOC(=O)C1CNCCN1S(=O)(=O)c1ccc(F)cc1. The number of nitrogens with zero attached hydrogens (tertiary/aromatic N) is 1. The maximum Gasteiger partial charge on any atom is 0.325 e. The highest BCUT2D eigenvalue weighted by molar-refractivity contribution is 7.89. The second-order valence-corrected chi connectivity index (χ2v) is 6.43. The molecule has 21 heavy (non-hydrogen) atoms. The van der Waals surface area contributed by atoms with E-state index in [1.54, 1.807) is 6.92 Å². The summed E-state index contributed by atoms with van der Waals surface area (Å²) in [6, 6.07) is 3.63. The first-order valence-electron chi connectivity index (χ1n) is 6.61. The van der Waals surface area contributed by atoms with E-state index >= 15 is 0 Å². The molecule has 1 saturated heterocycles. The summed E-state index contributed by atoms with van der Waals surface area (Å²) in [5, 5.41) is 2.97. The van der Waals surface area contributed by atoms with Crippen LogP contribution < -0.4 is 5.32 Å². The van der Waals surface area contributed by atoms with E-state index in [9.17, 15) is 17.6 Å². The number of carbonyl (C=O) groups is 1. The van der Waals surface area contributed by atoms with E-state index in [4.69, 9.17) is 4.74 Å². The van der Waals surface area contributed by atoms with Crippen molar-refractivity contribution in [3.63, 3.8) is 0 Å². The van der Waals surface area contributed by atoms with E-state index in [2.05, 4.69) is 5.32 Å². The van der Waals surface area contributed by atoms with Crippen molar-refractivity contribution in [1.29, 1.82) is 0 Å². The summed E-state index contributed by atoms with van der Waals surface area (Å²) in [6.07, 6.45) is 0. The normalized spacial score (nSPS) is 20.2. The van der Waals surface area contributed by atoms with Crippen molar-refractivity contribution in [2.75, 3.05) is 26.2 Å². The van der Waals surface area contributed by atoms with Gasteiger partial charge in [0, 0.05) is 19.6 Å². The lowest BCUT2D eigenvalue weighted by atomic mass is 10.2. The molecule has 1 heterocycles. The monoisotopic (exact) mass is 316 g/mol. The van der Waals surface area contributed by atoms with Crippen LogP contribution in [0.3, 0.4) is 0 Å². The molecule has 0 radical (unpaired) electrons. The number of nitrogens with one attached hydrogen (secondary N) is 1. The number of sulfonamides is 1. The second kappa shape index (κ2) is 6.50. The summed E-state index contributed by atoms with van der Waals surface area (Å²) in [7, 11) is -3.87. The molecule has 1 atom stereocenters. The van der Waals surface area contributed by atoms with Crippen LogP contribution >= 0.6 is 0 Å². The molecule has 2 rings (SSSR count). The Kier molecular flexibility index (Phi) is 4.92. The smallest absolute Gasteiger partial charge is 0.325 e. The minimum atomic E-state index is -3.87. The zero-order valence-electron chi connectivity index (χ0n) is 11.6. The Bertz CT molecular complexity index is 603. The molecule has 0 spiro atoms. The molecule has 0 aliphatic carbocycles. The van der Waals surface area contributed by atoms with E-state index in [1.165, 1.54) is 12.1 Å². The summed E-state index contributed by atoms with van der Waals surface area (Å²) in [5.74, 6) is -1.11. The standard InChI is InChI=1S/C13H17FN2O4S/c1-2-20-13(17)12-9-15-7-8-16(12)21(18,19)11-5-3-10(14)4-6-11/h3-6,12,15H,2,7-9H2,1H3. The first kappa shape index (κ1) is 15.9. The van der Waals surface area contributed by atoms with Crippen molar-refractivity contribution in [1.82, 2.24) is 9.62 Å². The third-order valence-electron chi connectivity index (χ3n) is 3.17. The van der Waals surface area contributed by atoms with Crippen LogP contribution in [0.2, 0.25) is 0 Å².